The summed E-state index contributed by atoms with van der Waals surface area (Å²) in [6.45, 7) is 6.85. The molecule has 1 N–H and O–H groups in total. The Kier molecular flexibility index (Phi) is 5.27. The normalized spacial score (nSPS) is 29.1. The van der Waals surface area contributed by atoms with Crippen molar-refractivity contribution in [1.29, 1.82) is 0 Å². The molecule has 1 aromatic rings. The summed E-state index contributed by atoms with van der Waals surface area (Å²) in [5.74, 6) is -1.46. The number of allylic oxidation sites excluding steroid dienone is 4. The predicted molar refractivity (Wildman–Crippen MR) is 99.2 cm³/mol. The number of aryl methyl sites for hydroxylation is 1. The van der Waals surface area contributed by atoms with Crippen LogP contribution in [0, 0.1) is 12.8 Å². The molecule has 0 amide bonds. The standard InChI is InChI=1S/C19H19ClN2O6/c1-9-5-12(23)6-16(24)19(9)17(25)10(2)15(26-4)7-13(14(20)8-27-19)18-21-11(3)22-28-18/h6-7,9,24H,2,5,8H2,1,3-4H3/b14-13-,15-7?/t9-,19+/m1/s1. The summed E-state index contributed by atoms with van der Waals surface area (Å²) in [7, 11) is 1.36. The van der Waals surface area contributed by atoms with Crippen LogP contribution in [0.5, 0.6) is 0 Å². The Balaban J connectivity index is 2.19. The van der Waals surface area contributed by atoms with Crippen LogP contribution in [0.2, 0.25) is 0 Å². The highest BCUT2D eigenvalue weighted by atomic mass is 35.5. The highest BCUT2D eigenvalue weighted by Gasteiger charge is 2.53. The lowest BCUT2D eigenvalue weighted by Crippen LogP contribution is -2.52. The van der Waals surface area contributed by atoms with E-state index in [0.29, 0.717) is 11.4 Å². The first-order valence-electron chi connectivity index (χ1n) is 8.47. The molecule has 0 radical (unpaired) electrons. The molecule has 0 saturated heterocycles. The van der Waals surface area contributed by atoms with Gasteiger partial charge in [-0.3, -0.25) is 9.59 Å². The summed E-state index contributed by atoms with van der Waals surface area (Å²) >= 11 is 6.44. The van der Waals surface area contributed by atoms with E-state index in [9.17, 15) is 14.7 Å². The number of halogens is 1. The van der Waals surface area contributed by atoms with Crippen molar-refractivity contribution in [2.24, 2.45) is 5.92 Å². The number of carbonyl (C=O) groups excluding carboxylic acids is 2. The molecule has 8 nitrogen and oxygen atoms in total. The van der Waals surface area contributed by atoms with Gasteiger partial charge in [0.15, 0.2) is 17.2 Å². The fraction of sp³-hybridized carbons (Fsp3) is 0.368. The van der Waals surface area contributed by atoms with Crippen molar-refractivity contribution in [3.63, 3.8) is 0 Å². The lowest BCUT2D eigenvalue weighted by atomic mass is 9.74. The van der Waals surface area contributed by atoms with Crippen molar-refractivity contribution in [3.8, 4) is 0 Å². The molecule has 0 saturated carbocycles. The Morgan fingerprint density at radius 3 is 2.68 bits per heavy atom. The molecule has 0 bridgehead atoms. The van der Waals surface area contributed by atoms with Crippen LogP contribution in [0.25, 0.3) is 5.57 Å². The van der Waals surface area contributed by atoms with Crippen LogP contribution in [-0.4, -0.2) is 46.1 Å². The molecule has 1 aliphatic heterocycles. The van der Waals surface area contributed by atoms with Gasteiger partial charge in [-0.1, -0.05) is 30.3 Å². The zero-order valence-corrected chi connectivity index (χ0v) is 16.4. The summed E-state index contributed by atoms with van der Waals surface area (Å²) in [6.07, 6.45) is 2.47. The van der Waals surface area contributed by atoms with E-state index in [4.69, 9.17) is 25.6 Å². The zero-order chi connectivity index (χ0) is 20.6. The van der Waals surface area contributed by atoms with Crippen LogP contribution in [0.1, 0.15) is 25.1 Å². The van der Waals surface area contributed by atoms with Gasteiger partial charge in [0.05, 0.1) is 29.9 Å². The number of carbonyl (C=O) groups is 2. The molecule has 2 aliphatic rings. The molecule has 1 aromatic heterocycles. The van der Waals surface area contributed by atoms with Crippen molar-refractivity contribution in [2.45, 2.75) is 25.9 Å². The lowest BCUT2D eigenvalue weighted by Gasteiger charge is -2.39. The topological polar surface area (TPSA) is 112 Å². The van der Waals surface area contributed by atoms with E-state index in [1.54, 1.807) is 13.8 Å². The van der Waals surface area contributed by atoms with Crippen molar-refractivity contribution in [2.75, 3.05) is 13.7 Å². The van der Waals surface area contributed by atoms with Crippen LogP contribution in [-0.2, 0) is 19.1 Å². The summed E-state index contributed by atoms with van der Waals surface area (Å²) in [5.41, 5.74) is -1.56. The monoisotopic (exact) mass is 406 g/mol. The first kappa shape index (κ1) is 20.0. The van der Waals surface area contributed by atoms with E-state index in [1.807, 2.05) is 0 Å². The second-order valence-electron chi connectivity index (χ2n) is 6.61. The van der Waals surface area contributed by atoms with Gasteiger partial charge >= 0.3 is 0 Å². The number of nitrogens with zero attached hydrogens (tertiary/aromatic N) is 2. The third-order valence-corrected chi connectivity index (χ3v) is 5.07. The minimum Gasteiger partial charge on any atom is -0.509 e. The number of methoxy groups -OCH3 is 1. The van der Waals surface area contributed by atoms with E-state index in [1.165, 1.54) is 13.2 Å². The molecule has 1 spiro atoms. The summed E-state index contributed by atoms with van der Waals surface area (Å²) in [5, 5.41) is 14.4. The van der Waals surface area contributed by atoms with Gasteiger partial charge in [0, 0.05) is 18.4 Å². The van der Waals surface area contributed by atoms with Gasteiger partial charge in [0.25, 0.3) is 5.89 Å². The molecular formula is C19H19ClN2O6. The maximum absolute atomic E-state index is 13.3. The van der Waals surface area contributed by atoms with Gasteiger partial charge in [-0.25, -0.2) is 0 Å². The molecular weight excluding hydrogens is 388 g/mol. The average Bonchev–Trinajstić information content (AvgIpc) is 3.07. The van der Waals surface area contributed by atoms with Crippen LogP contribution in [0.4, 0.5) is 0 Å². The number of hydrogen-bond donors (Lipinski definition) is 1. The van der Waals surface area contributed by atoms with Crippen molar-refractivity contribution in [1.82, 2.24) is 10.1 Å². The molecule has 148 valence electrons. The number of rotatable bonds is 2. The average molecular weight is 407 g/mol. The summed E-state index contributed by atoms with van der Waals surface area (Å²) in [6, 6.07) is 0. The highest BCUT2D eigenvalue weighted by molar-refractivity contribution is 6.33. The van der Waals surface area contributed by atoms with E-state index < -0.39 is 23.1 Å². The van der Waals surface area contributed by atoms with E-state index in [0.717, 1.165) is 6.08 Å². The number of aromatic nitrogens is 2. The fourth-order valence-corrected chi connectivity index (χ4v) is 3.48. The second kappa shape index (κ2) is 7.37. The molecule has 3 rings (SSSR count). The number of hydrogen-bond acceptors (Lipinski definition) is 8. The highest BCUT2D eigenvalue weighted by Crippen LogP contribution is 2.41. The number of aliphatic hydroxyl groups excluding tert-OH is 1. The van der Waals surface area contributed by atoms with Gasteiger partial charge in [-0.2, -0.15) is 4.98 Å². The number of aliphatic hydroxyl groups is 1. The maximum atomic E-state index is 13.3. The Morgan fingerprint density at radius 2 is 2.11 bits per heavy atom. The van der Waals surface area contributed by atoms with Gasteiger partial charge in [-0.15, -0.1) is 0 Å². The van der Waals surface area contributed by atoms with Gasteiger partial charge < -0.3 is 19.1 Å². The molecule has 1 aliphatic carbocycles. The number of Topliss-reactive ketones (excluding diaryl/α,β-unsaturated/α-hetero) is 1. The second-order valence-corrected chi connectivity index (χ2v) is 7.07. The lowest BCUT2D eigenvalue weighted by molar-refractivity contribution is -0.148. The Bertz CT molecular complexity index is 957. The van der Waals surface area contributed by atoms with Crippen LogP contribution < -0.4 is 0 Å². The molecule has 0 fully saturated rings. The Labute approximate surface area is 166 Å². The largest absolute Gasteiger partial charge is 0.509 e. The minimum atomic E-state index is -1.80. The molecule has 0 unspecified atom stereocenters. The zero-order valence-electron chi connectivity index (χ0n) is 15.6. The maximum Gasteiger partial charge on any atom is 0.259 e. The van der Waals surface area contributed by atoms with E-state index in [2.05, 4.69) is 16.7 Å². The fourth-order valence-electron chi connectivity index (χ4n) is 3.29. The third kappa shape index (κ3) is 3.18. The third-order valence-electron chi connectivity index (χ3n) is 4.76. The molecule has 0 aromatic carbocycles. The molecule has 28 heavy (non-hydrogen) atoms. The minimum absolute atomic E-state index is 0.0200. The molecule has 2 atom stereocenters. The summed E-state index contributed by atoms with van der Waals surface area (Å²) in [4.78, 5) is 29.3. The van der Waals surface area contributed by atoms with Gasteiger partial charge in [0.1, 0.15) is 11.5 Å². The van der Waals surface area contributed by atoms with Gasteiger partial charge in [0.2, 0.25) is 5.78 Å². The van der Waals surface area contributed by atoms with Crippen LogP contribution in [0.3, 0.4) is 0 Å². The van der Waals surface area contributed by atoms with Crippen LogP contribution in [0.15, 0.2) is 45.4 Å². The van der Waals surface area contributed by atoms with E-state index >= 15 is 0 Å². The quantitative estimate of drug-likeness (QED) is 0.746. The van der Waals surface area contributed by atoms with Crippen molar-refractivity contribution >= 4 is 28.7 Å². The number of ether oxygens (including phenoxy) is 2. The predicted octanol–water partition coefficient (Wildman–Crippen LogP) is 2.80. The first-order chi connectivity index (χ1) is 13.2. The molecule has 2 heterocycles. The number of ketones is 2. The smallest absolute Gasteiger partial charge is 0.259 e. The van der Waals surface area contributed by atoms with Crippen LogP contribution >= 0.6 is 11.6 Å². The van der Waals surface area contributed by atoms with E-state index in [-0.39, 0.29) is 41.1 Å². The Morgan fingerprint density at radius 1 is 1.39 bits per heavy atom. The van der Waals surface area contributed by atoms with Crippen molar-refractivity contribution < 1.29 is 28.7 Å². The van der Waals surface area contributed by atoms with Crippen molar-refractivity contribution in [3.05, 3.63) is 52.6 Å². The van der Waals surface area contributed by atoms with Gasteiger partial charge in [-0.05, 0) is 13.0 Å². The molecule has 9 heteroatoms. The SMILES string of the molecule is C=C1C(=O)[C@@]2(OC/C(Cl)=C(/c3nc(C)no3)C=C1OC)C(O)=CC(=O)C[C@H]2C. The first-order valence-corrected chi connectivity index (χ1v) is 8.85. The Hall–Kier alpha value is -2.71. The summed E-state index contributed by atoms with van der Waals surface area (Å²) < 4.78 is 16.4.